The fourth-order valence-corrected chi connectivity index (χ4v) is 5.41. The van der Waals surface area contributed by atoms with E-state index >= 15 is 0 Å². The Labute approximate surface area is 202 Å². The fraction of sp³-hybridized carbons (Fsp3) is 0.385. The summed E-state index contributed by atoms with van der Waals surface area (Å²) in [5.41, 5.74) is 5.26. The normalized spacial score (nSPS) is 19.5. The van der Waals surface area contributed by atoms with E-state index in [0.29, 0.717) is 17.4 Å². The van der Waals surface area contributed by atoms with Crippen molar-refractivity contribution >= 4 is 22.6 Å². The number of H-pyrrole nitrogens is 1. The number of nitrogens with zero attached hydrogens (tertiary/aromatic N) is 3. The molecule has 1 fully saturated rings. The van der Waals surface area contributed by atoms with E-state index in [4.69, 9.17) is 21.4 Å². The first-order chi connectivity index (χ1) is 16.4. The molecule has 3 heterocycles. The average molecular weight is 483 g/mol. The molecule has 4 aromatic rings. The molecule has 0 amide bonds. The van der Waals surface area contributed by atoms with Crippen molar-refractivity contribution in [2.45, 2.75) is 57.6 Å². The van der Waals surface area contributed by atoms with Crippen molar-refractivity contribution in [1.82, 2.24) is 19.7 Å². The average Bonchev–Trinajstić information content (AvgIpc) is 3.44. The predicted molar refractivity (Wildman–Crippen MR) is 131 cm³/mol. The summed E-state index contributed by atoms with van der Waals surface area (Å²) in [5.74, 6) is -0.144. The van der Waals surface area contributed by atoms with Gasteiger partial charge in [-0.2, -0.15) is 5.10 Å². The molecular weight excluding hydrogens is 455 g/mol. The number of hydrogen-bond acceptors (Lipinski definition) is 4. The highest BCUT2D eigenvalue weighted by Crippen LogP contribution is 2.41. The molecule has 178 valence electrons. The Balaban J connectivity index is 1.53. The highest BCUT2D eigenvalue weighted by Gasteiger charge is 2.25. The molecule has 6 nitrogen and oxygen atoms in total. The number of aromatic amines is 1. The number of halogens is 2. The number of rotatable bonds is 5. The smallest absolute Gasteiger partial charge is 0.142 e. The van der Waals surface area contributed by atoms with Crippen molar-refractivity contribution < 1.29 is 14.2 Å². The number of aryl methyl sites for hydroxylation is 1. The van der Waals surface area contributed by atoms with Crippen LogP contribution in [-0.2, 0) is 0 Å². The minimum Gasteiger partial charge on any atom is -0.496 e. The third-order valence-electron chi connectivity index (χ3n) is 7.04. The summed E-state index contributed by atoms with van der Waals surface area (Å²) in [5, 5.41) is 15.6. The number of aliphatic hydroxyl groups is 1. The van der Waals surface area contributed by atoms with E-state index < -0.39 is 5.82 Å². The quantitative estimate of drug-likeness (QED) is 0.357. The molecule has 3 aromatic heterocycles. The molecule has 0 aliphatic heterocycles. The summed E-state index contributed by atoms with van der Waals surface area (Å²) in [6, 6.07) is 5.33. The number of fused-ring (bicyclic) bond motifs is 1. The lowest BCUT2D eigenvalue weighted by Gasteiger charge is -2.25. The molecule has 0 bridgehead atoms. The molecule has 1 atom stereocenters. The Kier molecular flexibility index (Phi) is 6.08. The lowest BCUT2D eigenvalue weighted by atomic mass is 9.91. The van der Waals surface area contributed by atoms with Crippen molar-refractivity contribution in [2.24, 2.45) is 0 Å². The van der Waals surface area contributed by atoms with Gasteiger partial charge in [0.05, 0.1) is 30.0 Å². The third-order valence-corrected chi connectivity index (χ3v) is 7.43. The first-order valence-corrected chi connectivity index (χ1v) is 12.0. The van der Waals surface area contributed by atoms with Crippen LogP contribution in [0.15, 0.2) is 36.8 Å². The summed E-state index contributed by atoms with van der Waals surface area (Å²) >= 11 is 6.37. The van der Waals surface area contributed by atoms with E-state index in [1.165, 1.54) is 6.07 Å². The van der Waals surface area contributed by atoms with Crippen molar-refractivity contribution in [3.8, 4) is 16.9 Å². The van der Waals surface area contributed by atoms with Gasteiger partial charge in [0.25, 0.3) is 0 Å². The maximum atomic E-state index is 14.3. The van der Waals surface area contributed by atoms with Crippen LogP contribution in [-0.4, -0.2) is 38.1 Å². The molecule has 1 saturated carbocycles. The summed E-state index contributed by atoms with van der Waals surface area (Å²) in [7, 11) is 1.56. The zero-order valence-electron chi connectivity index (χ0n) is 19.5. The molecule has 2 N–H and O–H groups in total. The SMILES string of the molecule is COc1ccc(F)c(Cl)c1C(C)c1c[nH]c2ncc(-c3cn(C4CCC(O)CC4)nc3C)cc12. The minimum atomic E-state index is -0.471. The number of methoxy groups -OCH3 is 1. The first-order valence-electron chi connectivity index (χ1n) is 11.6. The molecule has 1 unspecified atom stereocenters. The van der Waals surface area contributed by atoms with E-state index in [1.54, 1.807) is 13.2 Å². The second-order valence-corrected chi connectivity index (χ2v) is 9.51. The highest BCUT2D eigenvalue weighted by molar-refractivity contribution is 6.31. The number of aromatic nitrogens is 4. The van der Waals surface area contributed by atoms with Crippen molar-refractivity contribution in [3.05, 3.63) is 64.5 Å². The standard InChI is InChI=1S/C26H28ClFN4O2/c1-14(24-23(34-3)9-8-22(28)25(24)27)20-12-30-26-19(20)10-16(11-29-26)21-13-32(31-15(21)2)17-4-6-18(33)7-5-17/h8-14,17-18,33H,4-7H2,1-3H3,(H,29,30). The van der Waals surface area contributed by atoms with E-state index in [2.05, 4.69) is 22.2 Å². The zero-order chi connectivity index (χ0) is 24.0. The molecule has 5 rings (SSSR count). The van der Waals surface area contributed by atoms with Gasteiger partial charge in [-0.05, 0) is 56.4 Å². The van der Waals surface area contributed by atoms with Crippen LogP contribution < -0.4 is 4.74 Å². The second kappa shape index (κ2) is 9.04. The van der Waals surface area contributed by atoms with Gasteiger partial charge in [0.1, 0.15) is 17.2 Å². The fourth-order valence-electron chi connectivity index (χ4n) is 5.09. The molecule has 8 heteroatoms. The lowest BCUT2D eigenvalue weighted by Crippen LogP contribution is -2.21. The van der Waals surface area contributed by atoms with Crippen LogP contribution in [0.4, 0.5) is 4.39 Å². The number of ether oxygens (including phenoxy) is 1. The molecule has 0 radical (unpaired) electrons. The van der Waals surface area contributed by atoms with Crippen molar-refractivity contribution in [2.75, 3.05) is 7.11 Å². The number of pyridine rings is 1. The van der Waals surface area contributed by atoms with Crippen LogP contribution >= 0.6 is 11.6 Å². The third kappa shape index (κ3) is 3.97. The lowest BCUT2D eigenvalue weighted by molar-refractivity contribution is 0.108. The Morgan fingerprint density at radius 3 is 2.76 bits per heavy atom. The molecule has 0 spiro atoms. The van der Waals surface area contributed by atoms with Crippen LogP contribution in [0.1, 0.15) is 61.4 Å². The van der Waals surface area contributed by atoms with Crippen LogP contribution in [0, 0.1) is 12.7 Å². The van der Waals surface area contributed by atoms with E-state index in [9.17, 15) is 9.50 Å². The summed E-state index contributed by atoms with van der Waals surface area (Å²) < 4.78 is 21.8. The van der Waals surface area contributed by atoms with Gasteiger partial charge in [-0.3, -0.25) is 4.68 Å². The van der Waals surface area contributed by atoms with Crippen LogP contribution in [0.3, 0.4) is 0 Å². The zero-order valence-corrected chi connectivity index (χ0v) is 20.2. The largest absolute Gasteiger partial charge is 0.496 e. The Morgan fingerprint density at radius 1 is 1.26 bits per heavy atom. The molecule has 34 heavy (non-hydrogen) atoms. The van der Waals surface area contributed by atoms with E-state index in [0.717, 1.165) is 59.1 Å². The van der Waals surface area contributed by atoms with Crippen molar-refractivity contribution in [3.63, 3.8) is 0 Å². The van der Waals surface area contributed by atoms with E-state index in [1.807, 2.05) is 30.9 Å². The number of nitrogens with one attached hydrogen (secondary N) is 1. The van der Waals surface area contributed by atoms with E-state index in [-0.39, 0.29) is 17.0 Å². The number of hydrogen-bond donors (Lipinski definition) is 2. The summed E-state index contributed by atoms with van der Waals surface area (Å²) in [6.45, 7) is 3.99. The number of aliphatic hydroxyl groups excluding tert-OH is 1. The van der Waals surface area contributed by atoms with Gasteiger partial charge in [-0.15, -0.1) is 0 Å². The second-order valence-electron chi connectivity index (χ2n) is 9.13. The molecule has 1 aromatic carbocycles. The van der Waals surface area contributed by atoms with Crippen LogP contribution in [0.25, 0.3) is 22.2 Å². The highest BCUT2D eigenvalue weighted by atomic mass is 35.5. The van der Waals surface area contributed by atoms with Crippen LogP contribution in [0.2, 0.25) is 5.02 Å². The summed E-state index contributed by atoms with van der Waals surface area (Å²) in [4.78, 5) is 7.88. The molecule has 1 aliphatic rings. The Bertz CT molecular complexity index is 1340. The first kappa shape index (κ1) is 22.9. The molecule has 1 aliphatic carbocycles. The van der Waals surface area contributed by atoms with Gasteiger partial charge in [0.15, 0.2) is 0 Å². The maximum Gasteiger partial charge on any atom is 0.142 e. The number of benzene rings is 1. The Morgan fingerprint density at radius 2 is 2.03 bits per heavy atom. The summed E-state index contributed by atoms with van der Waals surface area (Å²) in [6.07, 6.45) is 9.11. The topological polar surface area (TPSA) is 76.0 Å². The minimum absolute atomic E-state index is 0.0695. The van der Waals surface area contributed by atoms with Gasteiger partial charge in [-0.1, -0.05) is 18.5 Å². The van der Waals surface area contributed by atoms with Gasteiger partial charge in [0, 0.05) is 46.6 Å². The van der Waals surface area contributed by atoms with Crippen molar-refractivity contribution in [1.29, 1.82) is 0 Å². The van der Waals surface area contributed by atoms with Crippen LogP contribution in [0.5, 0.6) is 5.75 Å². The van der Waals surface area contributed by atoms with Gasteiger partial charge < -0.3 is 14.8 Å². The molecule has 0 saturated heterocycles. The molecular formula is C26H28ClFN4O2. The Hall–Kier alpha value is -2.90. The van der Waals surface area contributed by atoms with Gasteiger partial charge in [-0.25, -0.2) is 9.37 Å². The monoisotopic (exact) mass is 482 g/mol. The van der Waals surface area contributed by atoms with Gasteiger partial charge in [0.2, 0.25) is 0 Å². The maximum absolute atomic E-state index is 14.3. The van der Waals surface area contributed by atoms with Gasteiger partial charge >= 0.3 is 0 Å². The predicted octanol–water partition coefficient (Wildman–Crippen LogP) is 6.16.